The summed E-state index contributed by atoms with van der Waals surface area (Å²) in [4.78, 5) is 2.60. The van der Waals surface area contributed by atoms with Crippen molar-refractivity contribution in [1.82, 2.24) is 10.2 Å². The third kappa shape index (κ3) is 4.22. The Morgan fingerprint density at radius 1 is 1.28 bits per heavy atom. The normalized spacial score (nSPS) is 28.7. The summed E-state index contributed by atoms with van der Waals surface area (Å²) in [5.41, 5.74) is 0.122. The molecule has 2 aliphatic heterocycles. The van der Waals surface area contributed by atoms with Gasteiger partial charge < -0.3 is 15.0 Å². The average Bonchev–Trinajstić information content (AvgIpc) is 2.53. The summed E-state index contributed by atoms with van der Waals surface area (Å²) < 4.78 is 5.98. The third-order valence-electron chi connectivity index (χ3n) is 4.49. The van der Waals surface area contributed by atoms with Crippen molar-refractivity contribution in [3.05, 3.63) is 0 Å². The van der Waals surface area contributed by atoms with Crippen molar-refractivity contribution >= 4 is 0 Å². The lowest BCUT2D eigenvalue weighted by atomic mass is 9.96. The Morgan fingerprint density at radius 3 is 2.78 bits per heavy atom. The van der Waals surface area contributed by atoms with E-state index in [4.69, 9.17) is 4.74 Å². The van der Waals surface area contributed by atoms with Gasteiger partial charge in [0.1, 0.15) is 0 Å². The molecular weight excluding hydrogens is 224 g/mol. The van der Waals surface area contributed by atoms with Crippen LogP contribution in [0, 0.1) is 5.92 Å². The summed E-state index contributed by atoms with van der Waals surface area (Å²) in [5, 5.41) is 3.28. The summed E-state index contributed by atoms with van der Waals surface area (Å²) in [6.07, 6.45) is 6.98. The quantitative estimate of drug-likeness (QED) is 0.787. The molecule has 2 rings (SSSR count). The molecule has 2 fully saturated rings. The highest BCUT2D eigenvalue weighted by Crippen LogP contribution is 2.22. The van der Waals surface area contributed by atoms with Gasteiger partial charge in [0.25, 0.3) is 0 Å². The monoisotopic (exact) mass is 254 g/mol. The van der Waals surface area contributed by atoms with Crippen LogP contribution in [-0.4, -0.2) is 49.8 Å². The van der Waals surface area contributed by atoms with Gasteiger partial charge in [-0.3, -0.25) is 0 Å². The summed E-state index contributed by atoms with van der Waals surface area (Å²) in [7, 11) is 0. The van der Waals surface area contributed by atoms with E-state index in [2.05, 4.69) is 24.1 Å². The lowest BCUT2D eigenvalue weighted by molar-refractivity contribution is -0.0720. The zero-order valence-electron chi connectivity index (χ0n) is 12.2. The Morgan fingerprint density at radius 2 is 2.11 bits per heavy atom. The minimum atomic E-state index is 0.122. The van der Waals surface area contributed by atoms with Gasteiger partial charge in [0, 0.05) is 19.6 Å². The largest absolute Gasteiger partial charge is 0.371 e. The van der Waals surface area contributed by atoms with Gasteiger partial charge in [0.05, 0.1) is 12.2 Å². The molecule has 3 heteroatoms. The standard InChI is InChI=1S/C15H30N2O/c1-3-5-14-6-4-8-17(9-7-14)10-11-18-15(2)12-16-13-15/h14,16H,3-13H2,1-2H3. The molecule has 18 heavy (non-hydrogen) atoms. The fraction of sp³-hybridized carbons (Fsp3) is 1.00. The molecular formula is C15H30N2O. The number of hydrogen-bond donors (Lipinski definition) is 1. The first-order valence-corrected chi connectivity index (χ1v) is 7.79. The second-order valence-electron chi connectivity index (χ2n) is 6.33. The van der Waals surface area contributed by atoms with Crippen LogP contribution in [0.25, 0.3) is 0 Å². The number of nitrogens with one attached hydrogen (secondary N) is 1. The van der Waals surface area contributed by atoms with Crippen LogP contribution in [0.4, 0.5) is 0 Å². The van der Waals surface area contributed by atoms with E-state index in [9.17, 15) is 0 Å². The van der Waals surface area contributed by atoms with Crippen LogP contribution < -0.4 is 5.32 Å². The topological polar surface area (TPSA) is 24.5 Å². The molecule has 2 aliphatic rings. The Labute approximate surface area is 112 Å². The van der Waals surface area contributed by atoms with E-state index in [1.165, 1.54) is 45.2 Å². The van der Waals surface area contributed by atoms with E-state index in [0.717, 1.165) is 32.2 Å². The molecule has 1 atom stereocenters. The summed E-state index contributed by atoms with van der Waals surface area (Å²) in [6.45, 7) is 11.1. The van der Waals surface area contributed by atoms with Crippen LogP contribution in [0.1, 0.15) is 46.0 Å². The van der Waals surface area contributed by atoms with E-state index in [1.807, 2.05) is 0 Å². The van der Waals surface area contributed by atoms with Gasteiger partial charge in [-0.25, -0.2) is 0 Å². The predicted molar refractivity (Wildman–Crippen MR) is 75.9 cm³/mol. The maximum absolute atomic E-state index is 5.98. The highest BCUT2D eigenvalue weighted by molar-refractivity contribution is 4.90. The Balaban J connectivity index is 1.61. The molecule has 106 valence electrons. The van der Waals surface area contributed by atoms with Gasteiger partial charge in [0.2, 0.25) is 0 Å². The van der Waals surface area contributed by atoms with E-state index in [1.54, 1.807) is 0 Å². The van der Waals surface area contributed by atoms with Crippen molar-refractivity contribution in [2.45, 2.75) is 51.6 Å². The molecule has 3 nitrogen and oxygen atoms in total. The number of likely N-dealkylation sites (tertiary alicyclic amines) is 1. The van der Waals surface area contributed by atoms with Crippen molar-refractivity contribution in [2.24, 2.45) is 5.92 Å². The fourth-order valence-corrected chi connectivity index (χ4v) is 3.15. The van der Waals surface area contributed by atoms with E-state index in [0.29, 0.717) is 0 Å². The third-order valence-corrected chi connectivity index (χ3v) is 4.49. The molecule has 0 aromatic rings. The summed E-state index contributed by atoms with van der Waals surface area (Å²) in [6, 6.07) is 0. The molecule has 0 aromatic carbocycles. The highest BCUT2D eigenvalue weighted by Gasteiger charge is 2.32. The second kappa shape index (κ2) is 6.88. The van der Waals surface area contributed by atoms with E-state index in [-0.39, 0.29) is 5.60 Å². The van der Waals surface area contributed by atoms with Crippen molar-refractivity contribution in [1.29, 1.82) is 0 Å². The molecule has 0 aromatic heterocycles. The Kier molecular flexibility index (Phi) is 5.46. The van der Waals surface area contributed by atoms with Crippen molar-refractivity contribution in [3.63, 3.8) is 0 Å². The van der Waals surface area contributed by atoms with Crippen LogP contribution in [-0.2, 0) is 4.74 Å². The van der Waals surface area contributed by atoms with Gasteiger partial charge >= 0.3 is 0 Å². The van der Waals surface area contributed by atoms with Gasteiger partial charge in [-0.1, -0.05) is 19.8 Å². The first kappa shape index (κ1) is 14.3. The Bertz CT molecular complexity index is 241. The molecule has 2 saturated heterocycles. The molecule has 0 saturated carbocycles. The van der Waals surface area contributed by atoms with Crippen molar-refractivity contribution in [3.8, 4) is 0 Å². The number of nitrogens with zero attached hydrogens (tertiary/aromatic N) is 1. The zero-order chi connectivity index (χ0) is 12.8. The molecule has 0 bridgehead atoms. The first-order chi connectivity index (χ1) is 8.72. The summed E-state index contributed by atoms with van der Waals surface area (Å²) >= 11 is 0. The highest BCUT2D eigenvalue weighted by atomic mass is 16.5. The molecule has 0 spiro atoms. The van der Waals surface area contributed by atoms with Crippen LogP contribution in [0.2, 0.25) is 0 Å². The average molecular weight is 254 g/mol. The molecule has 2 heterocycles. The van der Waals surface area contributed by atoms with Crippen molar-refractivity contribution < 1.29 is 4.74 Å². The summed E-state index contributed by atoms with van der Waals surface area (Å²) in [5.74, 6) is 0.981. The van der Waals surface area contributed by atoms with Gasteiger partial charge in [0.15, 0.2) is 0 Å². The predicted octanol–water partition coefficient (Wildman–Crippen LogP) is 2.27. The Hall–Kier alpha value is -0.120. The number of hydrogen-bond acceptors (Lipinski definition) is 3. The fourth-order valence-electron chi connectivity index (χ4n) is 3.15. The second-order valence-corrected chi connectivity index (χ2v) is 6.33. The lowest BCUT2D eigenvalue weighted by Crippen LogP contribution is -2.59. The number of rotatable bonds is 6. The van der Waals surface area contributed by atoms with Crippen LogP contribution in [0.5, 0.6) is 0 Å². The van der Waals surface area contributed by atoms with Gasteiger partial charge in [-0.05, 0) is 45.2 Å². The molecule has 1 N–H and O–H groups in total. The van der Waals surface area contributed by atoms with E-state index < -0.39 is 0 Å². The zero-order valence-corrected chi connectivity index (χ0v) is 12.2. The van der Waals surface area contributed by atoms with Gasteiger partial charge in [-0.2, -0.15) is 0 Å². The molecule has 0 aliphatic carbocycles. The van der Waals surface area contributed by atoms with Gasteiger partial charge in [-0.15, -0.1) is 0 Å². The molecule has 1 unspecified atom stereocenters. The maximum atomic E-state index is 5.98. The SMILES string of the molecule is CCCC1CCCN(CCOC2(C)CNC2)CC1. The van der Waals surface area contributed by atoms with Crippen molar-refractivity contribution in [2.75, 3.05) is 39.3 Å². The molecule has 0 radical (unpaired) electrons. The molecule has 0 amide bonds. The minimum absolute atomic E-state index is 0.122. The number of ether oxygens (including phenoxy) is 1. The minimum Gasteiger partial charge on any atom is -0.371 e. The van der Waals surface area contributed by atoms with Crippen LogP contribution in [0.15, 0.2) is 0 Å². The maximum Gasteiger partial charge on any atom is 0.0902 e. The van der Waals surface area contributed by atoms with Crippen LogP contribution >= 0.6 is 0 Å². The smallest absolute Gasteiger partial charge is 0.0902 e. The van der Waals surface area contributed by atoms with E-state index >= 15 is 0 Å². The van der Waals surface area contributed by atoms with Crippen LogP contribution in [0.3, 0.4) is 0 Å². The lowest BCUT2D eigenvalue weighted by Gasteiger charge is -2.39. The first-order valence-electron chi connectivity index (χ1n) is 7.79.